The van der Waals surface area contributed by atoms with Crippen molar-refractivity contribution in [2.24, 2.45) is 0 Å². The molecule has 0 aliphatic carbocycles. The van der Waals surface area contributed by atoms with E-state index in [1.54, 1.807) is 36.7 Å². The molecule has 0 atom stereocenters. The van der Waals surface area contributed by atoms with E-state index in [0.717, 1.165) is 16.3 Å². The van der Waals surface area contributed by atoms with Crippen LogP contribution in [0.3, 0.4) is 0 Å². The van der Waals surface area contributed by atoms with Gasteiger partial charge in [-0.1, -0.05) is 12.1 Å². The Kier molecular flexibility index (Phi) is 6.27. The van der Waals surface area contributed by atoms with E-state index in [1.807, 2.05) is 17.5 Å². The Balaban J connectivity index is 1.49. The third kappa shape index (κ3) is 4.98. The maximum Gasteiger partial charge on any atom is 0.220 e. The van der Waals surface area contributed by atoms with Crippen molar-refractivity contribution in [3.63, 3.8) is 0 Å². The van der Waals surface area contributed by atoms with Crippen molar-refractivity contribution in [1.29, 1.82) is 0 Å². The van der Waals surface area contributed by atoms with Gasteiger partial charge in [-0.05, 0) is 24.3 Å². The summed E-state index contributed by atoms with van der Waals surface area (Å²) in [5.41, 5.74) is 2.28. The van der Waals surface area contributed by atoms with Crippen molar-refractivity contribution in [1.82, 2.24) is 15.3 Å². The third-order valence-electron chi connectivity index (χ3n) is 3.93. The number of rotatable bonds is 8. The molecule has 27 heavy (non-hydrogen) atoms. The lowest BCUT2D eigenvalue weighted by Crippen LogP contribution is -2.23. The van der Waals surface area contributed by atoms with Crippen LogP contribution in [0.15, 0.2) is 54.2 Å². The van der Waals surface area contributed by atoms with E-state index in [-0.39, 0.29) is 24.5 Å². The van der Waals surface area contributed by atoms with E-state index >= 15 is 0 Å². The van der Waals surface area contributed by atoms with Gasteiger partial charge in [0.05, 0.1) is 24.9 Å². The molecular formula is C20H19N3O3S. The highest BCUT2D eigenvalue weighted by Crippen LogP contribution is 2.23. The Morgan fingerprint density at radius 2 is 1.89 bits per heavy atom. The zero-order valence-corrected chi connectivity index (χ0v) is 15.7. The second-order valence-corrected chi connectivity index (χ2v) is 6.64. The second-order valence-electron chi connectivity index (χ2n) is 5.78. The summed E-state index contributed by atoms with van der Waals surface area (Å²) in [6, 6.07) is 10.8. The fraction of sp³-hybridized carbons (Fsp3) is 0.200. The van der Waals surface area contributed by atoms with Gasteiger partial charge in [0.1, 0.15) is 10.8 Å². The molecule has 3 rings (SSSR count). The van der Waals surface area contributed by atoms with Gasteiger partial charge in [-0.25, -0.2) is 4.98 Å². The van der Waals surface area contributed by atoms with Gasteiger partial charge in [-0.2, -0.15) is 0 Å². The number of thiazole rings is 1. The fourth-order valence-electron chi connectivity index (χ4n) is 2.53. The number of aromatic nitrogens is 2. The molecule has 0 aliphatic rings. The largest absolute Gasteiger partial charge is 0.496 e. The summed E-state index contributed by atoms with van der Waals surface area (Å²) in [4.78, 5) is 32.8. The van der Waals surface area contributed by atoms with Crippen molar-refractivity contribution in [3.8, 4) is 16.3 Å². The molecule has 0 fully saturated rings. The molecular weight excluding hydrogens is 362 g/mol. The standard InChI is InChI=1S/C20H19N3O3S/c1-26-18-5-3-2-4-16(18)17(24)6-7-19(25)22-12-15-13-27-20(23-15)14-8-10-21-11-9-14/h2-5,8-11,13H,6-7,12H2,1H3,(H,22,25). The van der Waals surface area contributed by atoms with Crippen LogP contribution in [0.25, 0.3) is 10.6 Å². The number of methoxy groups -OCH3 is 1. The van der Waals surface area contributed by atoms with E-state index in [9.17, 15) is 9.59 Å². The van der Waals surface area contributed by atoms with Gasteiger partial charge in [0.15, 0.2) is 5.78 Å². The Bertz CT molecular complexity index is 925. The third-order valence-corrected chi connectivity index (χ3v) is 4.87. The molecule has 0 saturated heterocycles. The number of carbonyl (C=O) groups excluding carboxylic acids is 2. The predicted octanol–water partition coefficient (Wildman–Crippen LogP) is 3.49. The van der Waals surface area contributed by atoms with Gasteiger partial charge in [0.25, 0.3) is 0 Å². The summed E-state index contributed by atoms with van der Waals surface area (Å²) in [7, 11) is 1.52. The lowest BCUT2D eigenvalue weighted by Gasteiger charge is -2.07. The summed E-state index contributed by atoms with van der Waals surface area (Å²) in [5.74, 6) is 0.224. The molecule has 0 spiro atoms. The molecule has 2 heterocycles. The summed E-state index contributed by atoms with van der Waals surface area (Å²) in [6.07, 6.45) is 3.69. The second kappa shape index (κ2) is 9.05. The van der Waals surface area contributed by atoms with E-state index in [0.29, 0.717) is 17.9 Å². The number of amides is 1. The number of hydrogen-bond donors (Lipinski definition) is 1. The number of nitrogens with zero attached hydrogens (tertiary/aromatic N) is 2. The number of benzene rings is 1. The molecule has 0 saturated carbocycles. The van der Waals surface area contributed by atoms with Gasteiger partial charge in [0.2, 0.25) is 5.91 Å². The van der Waals surface area contributed by atoms with Crippen LogP contribution in [-0.4, -0.2) is 28.8 Å². The van der Waals surface area contributed by atoms with Gasteiger partial charge < -0.3 is 10.1 Å². The molecule has 0 bridgehead atoms. The fourth-order valence-corrected chi connectivity index (χ4v) is 3.36. The lowest BCUT2D eigenvalue weighted by molar-refractivity contribution is -0.121. The molecule has 1 N–H and O–H groups in total. The minimum Gasteiger partial charge on any atom is -0.496 e. The first-order chi connectivity index (χ1) is 13.2. The quantitative estimate of drug-likeness (QED) is 0.604. The first-order valence-electron chi connectivity index (χ1n) is 8.45. The summed E-state index contributed by atoms with van der Waals surface area (Å²) < 4.78 is 5.18. The zero-order chi connectivity index (χ0) is 19.1. The summed E-state index contributed by atoms with van der Waals surface area (Å²) >= 11 is 1.52. The van der Waals surface area contributed by atoms with Crippen molar-refractivity contribution in [2.45, 2.75) is 19.4 Å². The molecule has 7 heteroatoms. The topological polar surface area (TPSA) is 81.2 Å². The number of hydrogen-bond acceptors (Lipinski definition) is 6. The minimum atomic E-state index is -0.184. The highest BCUT2D eigenvalue weighted by atomic mass is 32.1. The van der Waals surface area contributed by atoms with E-state index in [2.05, 4.69) is 15.3 Å². The summed E-state index contributed by atoms with van der Waals surface area (Å²) in [5, 5.41) is 5.60. The first kappa shape index (κ1) is 18.7. The predicted molar refractivity (Wildman–Crippen MR) is 104 cm³/mol. The number of nitrogens with one attached hydrogen (secondary N) is 1. The monoisotopic (exact) mass is 381 g/mol. The molecule has 0 aliphatic heterocycles. The average Bonchev–Trinajstić information content (AvgIpc) is 3.20. The van der Waals surface area contributed by atoms with Crippen LogP contribution in [0.4, 0.5) is 0 Å². The minimum absolute atomic E-state index is 0.115. The molecule has 1 amide bonds. The van der Waals surface area contributed by atoms with Crippen LogP contribution in [0.5, 0.6) is 5.75 Å². The van der Waals surface area contributed by atoms with Crippen LogP contribution in [-0.2, 0) is 11.3 Å². The number of pyridine rings is 1. The lowest BCUT2D eigenvalue weighted by atomic mass is 10.1. The van der Waals surface area contributed by atoms with Crippen molar-refractivity contribution in [2.75, 3.05) is 7.11 Å². The Morgan fingerprint density at radius 3 is 2.67 bits per heavy atom. The van der Waals surface area contributed by atoms with Gasteiger partial charge in [-0.3, -0.25) is 14.6 Å². The van der Waals surface area contributed by atoms with Crippen LogP contribution in [0.2, 0.25) is 0 Å². The Labute approximate surface area is 161 Å². The maximum absolute atomic E-state index is 12.3. The first-order valence-corrected chi connectivity index (χ1v) is 9.33. The maximum atomic E-state index is 12.3. The number of Topliss-reactive ketones (excluding diaryl/α,β-unsaturated/α-hetero) is 1. The molecule has 2 aromatic heterocycles. The normalized spacial score (nSPS) is 10.4. The van der Waals surface area contributed by atoms with Crippen molar-refractivity contribution < 1.29 is 14.3 Å². The average molecular weight is 381 g/mol. The molecule has 0 unspecified atom stereocenters. The van der Waals surface area contributed by atoms with Gasteiger partial charge in [0, 0.05) is 36.2 Å². The summed E-state index contributed by atoms with van der Waals surface area (Å²) in [6.45, 7) is 0.337. The Hall–Kier alpha value is -3.06. The van der Waals surface area contributed by atoms with Crippen LogP contribution < -0.4 is 10.1 Å². The van der Waals surface area contributed by atoms with Crippen molar-refractivity contribution >= 4 is 23.0 Å². The number of para-hydroxylation sites is 1. The van der Waals surface area contributed by atoms with Crippen LogP contribution >= 0.6 is 11.3 Å². The number of ketones is 1. The molecule has 138 valence electrons. The van der Waals surface area contributed by atoms with E-state index in [1.165, 1.54) is 18.4 Å². The highest BCUT2D eigenvalue weighted by molar-refractivity contribution is 7.13. The van der Waals surface area contributed by atoms with Crippen LogP contribution in [0, 0.1) is 0 Å². The molecule has 0 radical (unpaired) electrons. The van der Waals surface area contributed by atoms with Gasteiger partial charge in [-0.15, -0.1) is 11.3 Å². The smallest absolute Gasteiger partial charge is 0.220 e. The van der Waals surface area contributed by atoms with E-state index in [4.69, 9.17) is 4.74 Å². The van der Waals surface area contributed by atoms with Crippen molar-refractivity contribution in [3.05, 3.63) is 65.4 Å². The molecule has 1 aromatic carbocycles. The highest BCUT2D eigenvalue weighted by Gasteiger charge is 2.13. The molecule has 6 nitrogen and oxygen atoms in total. The van der Waals surface area contributed by atoms with Gasteiger partial charge >= 0.3 is 0 Å². The zero-order valence-electron chi connectivity index (χ0n) is 14.8. The van der Waals surface area contributed by atoms with E-state index < -0.39 is 0 Å². The molecule has 3 aromatic rings. The Morgan fingerprint density at radius 1 is 1.11 bits per heavy atom. The SMILES string of the molecule is COc1ccccc1C(=O)CCC(=O)NCc1csc(-c2ccncc2)n1. The number of ether oxygens (including phenoxy) is 1. The van der Waals surface area contributed by atoms with Crippen LogP contribution in [0.1, 0.15) is 28.9 Å². The number of carbonyl (C=O) groups is 2.